The van der Waals surface area contributed by atoms with Gasteiger partial charge in [0, 0.05) is 51.4 Å². The molecular weight excluding hydrogens is 469 g/mol. The summed E-state index contributed by atoms with van der Waals surface area (Å²) in [7, 11) is 1.61. The molecule has 1 atom stereocenters. The van der Waals surface area contributed by atoms with Gasteiger partial charge in [-0.05, 0) is 25.0 Å². The molecule has 8 heteroatoms. The van der Waals surface area contributed by atoms with Gasteiger partial charge in [0.1, 0.15) is 24.5 Å². The van der Waals surface area contributed by atoms with Crippen molar-refractivity contribution in [1.82, 2.24) is 14.9 Å². The Hall–Kier alpha value is -2.25. The summed E-state index contributed by atoms with van der Waals surface area (Å²) >= 11 is 0. The van der Waals surface area contributed by atoms with Gasteiger partial charge in [-0.15, -0.1) is 18.2 Å². The summed E-state index contributed by atoms with van der Waals surface area (Å²) in [6, 6.07) is 14.5. The van der Waals surface area contributed by atoms with Gasteiger partial charge in [0.2, 0.25) is 5.91 Å². The van der Waals surface area contributed by atoms with Gasteiger partial charge in [0.15, 0.2) is 0 Å². The average Bonchev–Trinajstić information content (AvgIpc) is 3.26. The molecule has 0 aliphatic carbocycles. The van der Waals surface area contributed by atoms with E-state index in [2.05, 4.69) is 21.4 Å². The summed E-state index contributed by atoms with van der Waals surface area (Å²) in [4.78, 5) is 22.9. The van der Waals surface area contributed by atoms with Crippen LogP contribution in [0.2, 0.25) is 0 Å². The maximum atomic E-state index is 12.2. The van der Waals surface area contributed by atoms with Crippen molar-refractivity contribution >= 4 is 28.3 Å². The summed E-state index contributed by atoms with van der Waals surface area (Å²) in [5, 5.41) is 4.13. The van der Waals surface area contributed by atoms with Crippen LogP contribution in [0.4, 0.5) is 11.5 Å². The smallest absolute Gasteiger partial charge is 0.222 e. The Morgan fingerprint density at radius 3 is 2.90 bits per heavy atom. The van der Waals surface area contributed by atoms with Crippen LogP contribution in [-0.4, -0.2) is 47.1 Å². The van der Waals surface area contributed by atoms with Crippen LogP contribution in [0.5, 0.6) is 11.5 Å². The predicted octanol–water partition coefficient (Wildman–Crippen LogP) is 3.96. The minimum atomic E-state index is 0. The van der Waals surface area contributed by atoms with Crippen molar-refractivity contribution in [2.24, 2.45) is 0 Å². The Morgan fingerprint density at radius 1 is 1.29 bits per heavy atom. The third-order valence-corrected chi connectivity index (χ3v) is 5.32. The second-order valence-electron chi connectivity index (χ2n) is 7.19. The van der Waals surface area contributed by atoms with E-state index in [0.29, 0.717) is 30.3 Å². The van der Waals surface area contributed by atoms with E-state index in [-0.39, 0.29) is 44.7 Å². The fourth-order valence-corrected chi connectivity index (χ4v) is 3.77. The third-order valence-electron chi connectivity index (χ3n) is 5.32. The van der Waals surface area contributed by atoms with Gasteiger partial charge in [-0.25, -0.2) is 9.97 Å². The van der Waals surface area contributed by atoms with Gasteiger partial charge in [-0.3, -0.25) is 4.79 Å². The third kappa shape index (κ3) is 5.33. The summed E-state index contributed by atoms with van der Waals surface area (Å²) < 4.78 is 11.4. The summed E-state index contributed by atoms with van der Waals surface area (Å²) in [5.41, 5.74) is 1.62. The Labute approximate surface area is 207 Å². The number of carbonyl (C=O) groups excluding carboxylic acids is 1. The second-order valence-corrected chi connectivity index (χ2v) is 7.19. The van der Waals surface area contributed by atoms with Crippen LogP contribution in [0.15, 0.2) is 42.7 Å². The molecule has 0 spiro atoms. The van der Waals surface area contributed by atoms with Crippen molar-refractivity contribution in [3.8, 4) is 11.5 Å². The molecule has 1 fully saturated rings. The van der Waals surface area contributed by atoms with Crippen molar-refractivity contribution in [2.75, 3.05) is 25.6 Å². The minimum absolute atomic E-state index is 0. The number of aromatic nitrogens is 2. The predicted molar refractivity (Wildman–Crippen MR) is 115 cm³/mol. The van der Waals surface area contributed by atoms with Gasteiger partial charge in [0.25, 0.3) is 0 Å². The molecule has 7 nitrogen and oxygen atoms in total. The van der Waals surface area contributed by atoms with Crippen molar-refractivity contribution in [1.29, 1.82) is 0 Å². The van der Waals surface area contributed by atoms with Gasteiger partial charge < -0.3 is 19.7 Å². The fraction of sp³-hybridized carbons (Fsp3) is 0.348. The molecule has 0 saturated carbocycles. The van der Waals surface area contributed by atoms with E-state index >= 15 is 0 Å². The Balaban J connectivity index is 0.00000272. The molecule has 1 aliphatic heterocycles. The van der Waals surface area contributed by atoms with Gasteiger partial charge >= 0.3 is 0 Å². The second kappa shape index (κ2) is 10.9. The number of anilines is 2. The quantitative estimate of drug-likeness (QED) is 0.502. The molecule has 1 saturated heterocycles. The van der Waals surface area contributed by atoms with E-state index in [1.54, 1.807) is 7.11 Å². The summed E-state index contributed by atoms with van der Waals surface area (Å²) in [6.07, 6.45) is 4.02. The summed E-state index contributed by atoms with van der Waals surface area (Å²) in [6.45, 7) is 3.16. The molecule has 2 heterocycles. The number of benzene rings is 2. The van der Waals surface area contributed by atoms with E-state index < -0.39 is 0 Å². The number of carbonyl (C=O) groups is 1. The number of likely N-dealkylation sites (tertiary alicyclic amines) is 1. The average molecular weight is 494 g/mol. The van der Waals surface area contributed by atoms with Gasteiger partial charge in [0.05, 0.1) is 24.1 Å². The number of nitrogens with one attached hydrogen (secondary N) is 1. The molecule has 1 unspecified atom stereocenters. The Morgan fingerprint density at radius 2 is 2.16 bits per heavy atom. The molecule has 1 amide bonds. The fourth-order valence-electron chi connectivity index (χ4n) is 3.77. The van der Waals surface area contributed by atoms with Crippen LogP contribution in [0.25, 0.3) is 10.9 Å². The zero-order chi connectivity index (χ0) is 20.9. The number of hydrogen-bond acceptors (Lipinski definition) is 6. The molecular formula is C23H25N4O3Y-. The van der Waals surface area contributed by atoms with Crippen LogP contribution in [-0.2, 0) is 37.5 Å². The monoisotopic (exact) mass is 494 g/mol. The topological polar surface area (TPSA) is 76.6 Å². The minimum Gasteiger partial charge on any atom is -0.523 e. The summed E-state index contributed by atoms with van der Waals surface area (Å²) in [5.74, 6) is 2.20. The zero-order valence-corrected chi connectivity index (χ0v) is 20.6. The van der Waals surface area contributed by atoms with Crippen molar-refractivity contribution in [2.45, 2.75) is 32.2 Å². The van der Waals surface area contributed by atoms with Crippen molar-refractivity contribution in [3.05, 3.63) is 48.8 Å². The molecule has 159 valence electrons. The van der Waals surface area contributed by atoms with E-state index in [1.165, 1.54) is 6.33 Å². The largest absolute Gasteiger partial charge is 0.523 e. The maximum absolute atomic E-state index is 12.2. The molecule has 1 aromatic heterocycles. The first-order valence-electron chi connectivity index (χ1n) is 10.2. The molecule has 1 aliphatic rings. The molecule has 1 N–H and O–H groups in total. The number of rotatable bonds is 7. The van der Waals surface area contributed by atoms with Gasteiger partial charge in [-0.1, -0.05) is 18.7 Å². The SMILES string of the molecule is CCC(=O)N1CCCC1COc1cccc2ncnc(Nc3c[c-]c(OC)cc3)c12.[Y]. The number of hydrogen-bond donors (Lipinski definition) is 1. The molecule has 4 rings (SSSR count). The normalized spacial score (nSPS) is 15.4. The number of methoxy groups -OCH3 is 1. The van der Waals surface area contributed by atoms with Gasteiger partial charge in [-0.2, -0.15) is 6.07 Å². The van der Waals surface area contributed by atoms with Crippen molar-refractivity contribution in [3.63, 3.8) is 0 Å². The van der Waals surface area contributed by atoms with E-state index in [0.717, 1.165) is 36.0 Å². The Bertz CT molecular complexity index is 1020. The van der Waals surface area contributed by atoms with Crippen LogP contribution in [0.1, 0.15) is 26.2 Å². The molecule has 31 heavy (non-hydrogen) atoms. The van der Waals surface area contributed by atoms with Crippen LogP contribution in [0, 0.1) is 6.07 Å². The van der Waals surface area contributed by atoms with Crippen LogP contribution >= 0.6 is 0 Å². The number of ether oxygens (including phenoxy) is 2. The Kier molecular flexibility index (Phi) is 8.21. The first-order valence-corrected chi connectivity index (χ1v) is 10.2. The maximum Gasteiger partial charge on any atom is 0.222 e. The number of amides is 1. The molecule has 0 bridgehead atoms. The molecule has 1 radical (unpaired) electrons. The first-order chi connectivity index (χ1) is 14.7. The first kappa shape index (κ1) is 23.4. The van der Waals surface area contributed by atoms with E-state index in [9.17, 15) is 4.79 Å². The molecule has 2 aromatic carbocycles. The van der Waals surface area contributed by atoms with Crippen LogP contribution in [0.3, 0.4) is 0 Å². The standard InChI is InChI=1S/C23H25N4O3.Y/c1-3-21(28)27-13-5-6-17(27)14-30-20-8-4-7-19-22(20)23(25-15-24-19)26-16-9-11-18(29-2)12-10-16;/h4,7-11,15,17H,3,5-6,13-14H2,1-2H3,(H,24,25,26);/q-1;. The van der Waals surface area contributed by atoms with E-state index in [1.807, 2.05) is 48.2 Å². The number of nitrogens with zero attached hydrogens (tertiary/aromatic N) is 3. The van der Waals surface area contributed by atoms with Crippen molar-refractivity contribution < 1.29 is 47.0 Å². The van der Waals surface area contributed by atoms with Crippen LogP contribution < -0.4 is 14.8 Å². The molecule has 3 aromatic rings. The number of fused-ring (bicyclic) bond motifs is 1. The zero-order valence-electron chi connectivity index (χ0n) is 17.8. The van der Waals surface area contributed by atoms with E-state index in [4.69, 9.17) is 9.47 Å².